The standard InChI is InChI=1S/C10H19NO3/c1-3-5-14-11-4-6-13-8-10(11)7-9(2)12/h3,9-10,12H,1,4-8H2,2H3. The van der Waals surface area contributed by atoms with Gasteiger partial charge in [-0.15, -0.1) is 6.58 Å². The summed E-state index contributed by atoms with van der Waals surface area (Å²) in [6.45, 7) is 7.96. The molecule has 2 atom stereocenters. The first-order chi connectivity index (χ1) is 6.74. The van der Waals surface area contributed by atoms with Crippen LogP contribution in [0.5, 0.6) is 0 Å². The van der Waals surface area contributed by atoms with E-state index in [1.807, 2.05) is 5.06 Å². The van der Waals surface area contributed by atoms with Crippen LogP contribution in [0.4, 0.5) is 0 Å². The number of nitrogens with zero attached hydrogens (tertiary/aromatic N) is 1. The summed E-state index contributed by atoms with van der Waals surface area (Å²) in [4.78, 5) is 5.47. The molecule has 0 spiro atoms. The Bertz CT molecular complexity index is 173. The van der Waals surface area contributed by atoms with Gasteiger partial charge in [0.1, 0.15) is 0 Å². The lowest BCUT2D eigenvalue weighted by Crippen LogP contribution is -2.46. The van der Waals surface area contributed by atoms with Gasteiger partial charge in [0.15, 0.2) is 0 Å². The highest BCUT2D eigenvalue weighted by Gasteiger charge is 2.24. The van der Waals surface area contributed by atoms with Gasteiger partial charge in [-0.3, -0.25) is 4.84 Å². The molecule has 1 aliphatic rings. The number of hydrogen-bond acceptors (Lipinski definition) is 4. The van der Waals surface area contributed by atoms with Crippen molar-refractivity contribution in [2.75, 3.05) is 26.4 Å². The number of aliphatic hydroxyl groups is 1. The van der Waals surface area contributed by atoms with Crippen LogP contribution in [0.25, 0.3) is 0 Å². The molecule has 0 aromatic heterocycles. The van der Waals surface area contributed by atoms with Gasteiger partial charge in [0.2, 0.25) is 0 Å². The molecule has 1 rings (SSSR count). The Morgan fingerprint density at radius 1 is 1.79 bits per heavy atom. The van der Waals surface area contributed by atoms with E-state index in [9.17, 15) is 5.11 Å². The van der Waals surface area contributed by atoms with Crippen LogP contribution in [-0.4, -0.2) is 48.7 Å². The second-order valence-electron chi connectivity index (χ2n) is 3.54. The molecule has 1 aliphatic heterocycles. The molecule has 82 valence electrons. The maximum atomic E-state index is 9.29. The third kappa shape index (κ3) is 3.75. The summed E-state index contributed by atoms with van der Waals surface area (Å²) in [7, 11) is 0. The van der Waals surface area contributed by atoms with Crippen molar-refractivity contribution in [1.29, 1.82) is 0 Å². The summed E-state index contributed by atoms with van der Waals surface area (Å²) in [5.41, 5.74) is 0. The summed E-state index contributed by atoms with van der Waals surface area (Å²) in [6.07, 6.45) is 2.07. The SMILES string of the molecule is C=CCON1CCOCC1CC(C)O. The second-order valence-corrected chi connectivity index (χ2v) is 3.54. The molecule has 4 nitrogen and oxygen atoms in total. The molecule has 4 heteroatoms. The summed E-state index contributed by atoms with van der Waals surface area (Å²) < 4.78 is 5.33. The van der Waals surface area contributed by atoms with Gasteiger partial charge < -0.3 is 9.84 Å². The van der Waals surface area contributed by atoms with Crippen LogP contribution in [0.2, 0.25) is 0 Å². The van der Waals surface area contributed by atoms with E-state index in [0.717, 1.165) is 6.54 Å². The van der Waals surface area contributed by atoms with Crippen LogP contribution in [0.1, 0.15) is 13.3 Å². The van der Waals surface area contributed by atoms with Gasteiger partial charge in [-0.1, -0.05) is 6.08 Å². The Morgan fingerprint density at radius 3 is 3.21 bits per heavy atom. The zero-order valence-electron chi connectivity index (χ0n) is 8.69. The first-order valence-corrected chi connectivity index (χ1v) is 5.00. The van der Waals surface area contributed by atoms with E-state index in [1.165, 1.54) is 0 Å². The molecule has 0 aromatic rings. The van der Waals surface area contributed by atoms with Crippen LogP contribution in [-0.2, 0) is 9.57 Å². The Balaban J connectivity index is 2.37. The number of ether oxygens (including phenoxy) is 1. The minimum absolute atomic E-state index is 0.156. The molecule has 1 heterocycles. The highest BCUT2D eigenvalue weighted by molar-refractivity contribution is 4.73. The van der Waals surface area contributed by atoms with Gasteiger partial charge >= 0.3 is 0 Å². The van der Waals surface area contributed by atoms with Crippen molar-refractivity contribution in [3.8, 4) is 0 Å². The van der Waals surface area contributed by atoms with Gasteiger partial charge in [-0.2, -0.15) is 5.06 Å². The number of hydroxylamine groups is 2. The zero-order valence-corrected chi connectivity index (χ0v) is 8.69. The first-order valence-electron chi connectivity index (χ1n) is 5.00. The summed E-state index contributed by atoms with van der Waals surface area (Å²) in [5, 5.41) is 11.2. The zero-order chi connectivity index (χ0) is 10.4. The Morgan fingerprint density at radius 2 is 2.57 bits per heavy atom. The molecule has 0 bridgehead atoms. The third-order valence-corrected chi connectivity index (χ3v) is 2.14. The van der Waals surface area contributed by atoms with E-state index in [-0.39, 0.29) is 12.1 Å². The predicted octanol–water partition coefficient (Wildman–Crippen LogP) is 0.576. The minimum atomic E-state index is -0.323. The average molecular weight is 201 g/mol. The summed E-state index contributed by atoms with van der Waals surface area (Å²) in [5.74, 6) is 0. The van der Waals surface area contributed by atoms with Gasteiger partial charge in [-0.05, 0) is 13.3 Å². The van der Waals surface area contributed by atoms with Crippen LogP contribution in [0, 0.1) is 0 Å². The topological polar surface area (TPSA) is 41.9 Å². The highest BCUT2D eigenvalue weighted by atomic mass is 16.7. The summed E-state index contributed by atoms with van der Waals surface area (Å²) in [6, 6.07) is 0.156. The van der Waals surface area contributed by atoms with Crippen molar-refractivity contribution in [2.45, 2.75) is 25.5 Å². The molecule has 0 saturated carbocycles. The highest BCUT2D eigenvalue weighted by Crippen LogP contribution is 2.12. The lowest BCUT2D eigenvalue weighted by atomic mass is 10.1. The van der Waals surface area contributed by atoms with Gasteiger partial charge in [-0.25, -0.2) is 0 Å². The lowest BCUT2D eigenvalue weighted by Gasteiger charge is -2.34. The number of hydrogen-bond donors (Lipinski definition) is 1. The first kappa shape index (κ1) is 11.7. The van der Waals surface area contributed by atoms with Crippen molar-refractivity contribution in [2.24, 2.45) is 0 Å². The monoisotopic (exact) mass is 201 g/mol. The van der Waals surface area contributed by atoms with Crippen LogP contribution < -0.4 is 0 Å². The van der Waals surface area contributed by atoms with E-state index in [4.69, 9.17) is 9.57 Å². The number of rotatable bonds is 5. The molecule has 0 aromatic carbocycles. The molecular formula is C10H19NO3. The minimum Gasteiger partial charge on any atom is -0.393 e. The van der Waals surface area contributed by atoms with Crippen molar-refractivity contribution >= 4 is 0 Å². The van der Waals surface area contributed by atoms with Crippen molar-refractivity contribution in [1.82, 2.24) is 5.06 Å². The van der Waals surface area contributed by atoms with Gasteiger partial charge in [0.05, 0.1) is 32.0 Å². The maximum absolute atomic E-state index is 9.29. The fourth-order valence-electron chi connectivity index (χ4n) is 1.54. The predicted molar refractivity (Wildman–Crippen MR) is 53.8 cm³/mol. The fraction of sp³-hybridized carbons (Fsp3) is 0.800. The van der Waals surface area contributed by atoms with E-state index in [0.29, 0.717) is 26.2 Å². The molecule has 1 N–H and O–H groups in total. The van der Waals surface area contributed by atoms with Crippen molar-refractivity contribution in [3.63, 3.8) is 0 Å². The number of aliphatic hydroxyl groups excluding tert-OH is 1. The molecule has 0 amide bonds. The molecule has 1 fully saturated rings. The molecule has 0 radical (unpaired) electrons. The molecule has 0 aliphatic carbocycles. The molecule has 2 unspecified atom stereocenters. The largest absolute Gasteiger partial charge is 0.393 e. The smallest absolute Gasteiger partial charge is 0.0864 e. The van der Waals surface area contributed by atoms with Crippen LogP contribution >= 0.6 is 0 Å². The van der Waals surface area contributed by atoms with E-state index in [1.54, 1.807) is 13.0 Å². The third-order valence-electron chi connectivity index (χ3n) is 2.14. The van der Waals surface area contributed by atoms with Gasteiger partial charge in [0, 0.05) is 6.54 Å². The fourth-order valence-corrected chi connectivity index (χ4v) is 1.54. The lowest BCUT2D eigenvalue weighted by molar-refractivity contribution is -0.222. The second kappa shape index (κ2) is 6.14. The Labute approximate surface area is 85.1 Å². The number of morpholine rings is 1. The maximum Gasteiger partial charge on any atom is 0.0864 e. The average Bonchev–Trinajstić information content (AvgIpc) is 2.16. The van der Waals surface area contributed by atoms with E-state index in [2.05, 4.69) is 6.58 Å². The van der Waals surface area contributed by atoms with Crippen molar-refractivity contribution in [3.05, 3.63) is 12.7 Å². The van der Waals surface area contributed by atoms with E-state index < -0.39 is 0 Å². The molecule has 1 saturated heterocycles. The molecular weight excluding hydrogens is 182 g/mol. The van der Waals surface area contributed by atoms with Gasteiger partial charge in [0.25, 0.3) is 0 Å². The van der Waals surface area contributed by atoms with E-state index >= 15 is 0 Å². The summed E-state index contributed by atoms with van der Waals surface area (Å²) >= 11 is 0. The normalized spacial score (nSPS) is 26.0. The van der Waals surface area contributed by atoms with Crippen molar-refractivity contribution < 1.29 is 14.7 Å². The van der Waals surface area contributed by atoms with Crippen LogP contribution in [0.15, 0.2) is 12.7 Å². The van der Waals surface area contributed by atoms with Crippen LogP contribution in [0.3, 0.4) is 0 Å². The Kier molecular flexibility index (Phi) is 5.11. The quantitative estimate of drug-likeness (QED) is 0.660. The Hall–Kier alpha value is -0.420. The molecule has 14 heavy (non-hydrogen) atoms.